The predicted octanol–water partition coefficient (Wildman–Crippen LogP) is 4.59. The van der Waals surface area contributed by atoms with E-state index in [4.69, 9.17) is 0 Å². The van der Waals surface area contributed by atoms with Crippen molar-refractivity contribution in [2.45, 2.75) is 31.6 Å². The van der Waals surface area contributed by atoms with Crippen molar-refractivity contribution < 1.29 is 18.0 Å². The molecule has 176 valence electrons. The van der Waals surface area contributed by atoms with Crippen molar-refractivity contribution in [3.8, 4) is 0 Å². The number of nitrogens with one attached hydrogen (secondary N) is 2. The molecule has 0 radical (unpaired) electrons. The van der Waals surface area contributed by atoms with Gasteiger partial charge < -0.3 is 10.2 Å². The standard InChI is InChI=1S/C26H27N3O4S/c1-18-9-12-21(13-10-18)34(32,33)28-23-14-11-20(17-19(23)2)25(30)27-24-8-4-3-7-22(24)26(31)29-15-5-6-16-29/h3-4,7-14,17,28H,5-6,15-16H2,1-2H3,(H,27,30). The molecule has 1 fully saturated rings. The first-order valence-corrected chi connectivity index (χ1v) is 12.6. The Morgan fingerprint density at radius 2 is 1.53 bits per heavy atom. The van der Waals surface area contributed by atoms with E-state index >= 15 is 0 Å². The van der Waals surface area contributed by atoms with Crippen LogP contribution in [0.1, 0.15) is 44.7 Å². The van der Waals surface area contributed by atoms with Gasteiger partial charge in [-0.15, -0.1) is 0 Å². The van der Waals surface area contributed by atoms with Crippen LogP contribution in [0, 0.1) is 13.8 Å². The number of para-hydroxylation sites is 1. The lowest BCUT2D eigenvalue weighted by Crippen LogP contribution is -2.28. The van der Waals surface area contributed by atoms with Gasteiger partial charge in [0.1, 0.15) is 0 Å². The van der Waals surface area contributed by atoms with Crippen LogP contribution in [0.4, 0.5) is 11.4 Å². The van der Waals surface area contributed by atoms with Crippen LogP contribution in [0.5, 0.6) is 0 Å². The molecule has 2 N–H and O–H groups in total. The average molecular weight is 478 g/mol. The summed E-state index contributed by atoms with van der Waals surface area (Å²) < 4.78 is 28.0. The first-order valence-electron chi connectivity index (χ1n) is 11.1. The summed E-state index contributed by atoms with van der Waals surface area (Å²) in [4.78, 5) is 27.8. The minimum absolute atomic E-state index is 0.0922. The normalized spacial score (nSPS) is 13.5. The zero-order chi connectivity index (χ0) is 24.3. The van der Waals surface area contributed by atoms with Crippen molar-refractivity contribution >= 4 is 33.2 Å². The van der Waals surface area contributed by atoms with Crippen molar-refractivity contribution in [1.29, 1.82) is 0 Å². The van der Waals surface area contributed by atoms with Gasteiger partial charge in [-0.3, -0.25) is 14.3 Å². The molecule has 1 aliphatic heterocycles. The molecule has 3 aromatic carbocycles. The van der Waals surface area contributed by atoms with E-state index in [1.165, 1.54) is 0 Å². The summed E-state index contributed by atoms with van der Waals surface area (Å²) in [5.41, 5.74) is 3.23. The Morgan fingerprint density at radius 3 is 2.21 bits per heavy atom. The summed E-state index contributed by atoms with van der Waals surface area (Å²) in [6.07, 6.45) is 1.97. The summed E-state index contributed by atoms with van der Waals surface area (Å²) in [6, 6.07) is 18.3. The Morgan fingerprint density at radius 1 is 0.853 bits per heavy atom. The van der Waals surface area contributed by atoms with E-state index in [1.54, 1.807) is 78.6 Å². The van der Waals surface area contributed by atoms with Crippen LogP contribution in [-0.4, -0.2) is 38.2 Å². The molecule has 3 aromatic rings. The molecule has 0 aromatic heterocycles. The Hall–Kier alpha value is -3.65. The minimum atomic E-state index is -3.75. The number of amides is 2. The largest absolute Gasteiger partial charge is 0.339 e. The summed E-state index contributed by atoms with van der Waals surface area (Å²) in [7, 11) is -3.75. The number of nitrogens with zero attached hydrogens (tertiary/aromatic N) is 1. The van der Waals surface area contributed by atoms with E-state index in [2.05, 4.69) is 10.0 Å². The number of sulfonamides is 1. The van der Waals surface area contributed by atoms with Crippen molar-refractivity contribution in [3.05, 3.63) is 89.0 Å². The maximum absolute atomic E-state index is 12.9. The molecule has 4 rings (SSSR count). The number of likely N-dealkylation sites (tertiary alicyclic amines) is 1. The molecule has 2 amide bonds. The molecule has 7 nitrogen and oxygen atoms in total. The summed E-state index contributed by atoms with van der Waals surface area (Å²) >= 11 is 0. The molecule has 0 bridgehead atoms. The fraction of sp³-hybridized carbons (Fsp3) is 0.231. The number of carbonyl (C=O) groups excluding carboxylic acids is 2. The second-order valence-electron chi connectivity index (χ2n) is 8.45. The third kappa shape index (κ3) is 5.12. The maximum atomic E-state index is 12.9. The van der Waals surface area contributed by atoms with Crippen LogP contribution in [0.15, 0.2) is 71.6 Å². The van der Waals surface area contributed by atoms with Gasteiger partial charge in [0.25, 0.3) is 21.8 Å². The van der Waals surface area contributed by atoms with E-state index in [9.17, 15) is 18.0 Å². The van der Waals surface area contributed by atoms with Gasteiger partial charge in [0.15, 0.2) is 0 Å². The Bertz CT molecular complexity index is 1330. The van der Waals surface area contributed by atoms with Gasteiger partial charge in [0.05, 0.1) is 21.8 Å². The highest BCUT2D eigenvalue weighted by Crippen LogP contribution is 2.24. The molecule has 0 aliphatic carbocycles. The maximum Gasteiger partial charge on any atom is 0.261 e. The van der Waals surface area contributed by atoms with Gasteiger partial charge in [0, 0.05) is 18.7 Å². The van der Waals surface area contributed by atoms with Gasteiger partial charge in [0.2, 0.25) is 0 Å². The lowest BCUT2D eigenvalue weighted by molar-refractivity contribution is 0.0794. The third-order valence-electron chi connectivity index (χ3n) is 5.86. The van der Waals surface area contributed by atoms with Crippen LogP contribution in [0.3, 0.4) is 0 Å². The van der Waals surface area contributed by atoms with Crippen molar-refractivity contribution in [2.24, 2.45) is 0 Å². The van der Waals surface area contributed by atoms with Crippen molar-refractivity contribution in [2.75, 3.05) is 23.1 Å². The van der Waals surface area contributed by atoms with Crippen LogP contribution in [-0.2, 0) is 10.0 Å². The van der Waals surface area contributed by atoms with Crippen LogP contribution in [0.25, 0.3) is 0 Å². The van der Waals surface area contributed by atoms with Crippen LogP contribution >= 0.6 is 0 Å². The molecule has 0 saturated carbocycles. The zero-order valence-electron chi connectivity index (χ0n) is 19.2. The number of aryl methyl sites for hydroxylation is 2. The van der Waals surface area contributed by atoms with Crippen LogP contribution < -0.4 is 10.0 Å². The molecule has 0 spiro atoms. The Balaban J connectivity index is 1.51. The monoisotopic (exact) mass is 477 g/mol. The highest BCUT2D eigenvalue weighted by Gasteiger charge is 2.23. The number of rotatable bonds is 6. The number of hydrogen-bond acceptors (Lipinski definition) is 4. The highest BCUT2D eigenvalue weighted by atomic mass is 32.2. The number of carbonyl (C=O) groups is 2. The number of benzene rings is 3. The Kier molecular flexibility index (Phi) is 6.70. The average Bonchev–Trinajstić information content (AvgIpc) is 3.35. The molecule has 1 saturated heterocycles. The molecular formula is C26H27N3O4S. The van der Waals surface area contributed by atoms with Crippen molar-refractivity contribution in [1.82, 2.24) is 4.90 Å². The van der Waals surface area contributed by atoms with Crippen LogP contribution in [0.2, 0.25) is 0 Å². The van der Waals surface area contributed by atoms with E-state index in [-0.39, 0.29) is 16.7 Å². The summed E-state index contributed by atoms with van der Waals surface area (Å²) in [5, 5.41) is 2.83. The minimum Gasteiger partial charge on any atom is -0.339 e. The molecule has 1 heterocycles. The topological polar surface area (TPSA) is 95.6 Å². The molecule has 0 unspecified atom stereocenters. The highest BCUT2D eigenvalue weighted by molar-refractivity contribution is 7.92. The predicted molar refractivity (Wildman–Crippen MR) is 133 cm³/mol. The lowest BCUT2D eigenvalue weighted by atomic mass is 10.1. The third-order valence-corrected chi connectivity index (χ3v) is 7.24. The number of hydrogen-bond donors (Lipinski definition) is 2. The van der Waals surface area contributed by atoms with Gasteiger partial charge in [-0.25, -0.2) is 8.42 Å². The summed E-state index contributed by atoms with van der Waals surface area (Å²) in [5.74, 6) is -0.469. The van der Waals surface area contributed by atoms with Crippen molar-refractivity contribution in [3.63, 3.8) is 0 Å². The smallest absolute Gasteiger partial charge is 0.261 e. The fourth-order valence-corrected chi connectivity index (χ4v) is 5.03. The molecule has 8 heteroatoms. The summed E-state index contributed by atoms with van der Waals surface area (Å²) in [6.45, 7) is 5.06. The molecule has 34 heavy (non-hydrogen) atoms. The Labute approximate surface area is 199 Å². The molecular weight excluding hydrogens is 450 g/mol. The van der Waals surface area contributed by atoms with E-state index in [0.29, 0.717) is 28.1 Å². The lowest BCUT2D eigenvalue weighted by Gasteiger charge is -2.18. The number of anilines is 2. The fourth-order valence-electron chi connectivity index (χ4n) is 3.90. The molecule has 1 aliphatic rings. The van der Waals surface area contributed by atoms with E-state index in [1.807, 2.05) is 6.92 Å². The van der Waals surface area contributed by atoms with Gasteiger partial charge >= 0.3 is 0 Å². The SMILES string of the molecule is Cc1ccc(S(=O)(=O)Nc2ccc(C(=O)Nc3ccccc3C(=O)N3CCCC3)cc2C)cc1. The van der Waals surface area contributed by atoms with Gasteiger partial charge in [-0.1, -0.05) is 29.8 Å². The quantitative estimate of drug-likeness (QED) is 0.543. The molecule has 0 atom stereocenters. The van der Waals surface area contributed by atoms with E-state index in [0.717, 1.165) is 31.5 Å². The zero-order valence-corrected chi connectivity index (χ0v) is 20.0. The second-order valence-corrected chi connectivity index (χ2v) is 10.1. The van der Waals surface area contributed by atoms with Gasteiger partial charge in [-0.05, 0) is 74.7 Å². The first-order chi connectivity index (χ1) is 16.2. The second kappa shape index (κ2) is 9.69. The van der Waals surface area contributed by atoms with Gasteiger partial charge in [-0.2, -0.15) is 0 Å². The van der Waals surface area contributed by atoms with E-state index < -0.39 is 10.0 Å². The first kappa shape index (κ1) is 23.5.